The molecule has 0 amide bonds. The van der Waals surface area contributed by atoms with Crippen LogP contribution < -0.4 is 9.80 Å². The van der Waals surface area contributed by atoms with Crippen LogP contribution in [-0.4, -0.2) is 0 Å². The second-order valence-electron chi connectivity index (χ2n) is 10.6. The van der Waals surface area contributed by atoms with Crippen molar-refractivity contribution in [1.29, 1.82) is 0 Å². The second-order valence-corrected chi connectivity index (χ2v) is 10.6. The Bertz CT molecular complexity index is 1720. The zero-order chi connectivity index (χ0) is 28.2. The highest BCUT2D eigenvalue weighted by atomic mass is 15.1. The lowest BCUT2D eigenvalue weighted by atomic mass is 10.0. The van der Waals surface area contributed by atoms with Gasteiger partial charge in [0.1, 0.15) is 0 Å². The van der Waals surface area contributed by atoms with E-state index in [0.717, 1.165) is 28.4 Å². The van der Waals surface area contributed by atoms with Crippen molar-refractivity contribution in [1.82, 2.24) is 0 Å². The number of hydrogen-bond donors (Lipinski definition) is 0. The average molecular weight is 531 g/mol. The summed E-state index contributed by atoms with van der Waals surface area (Å²) in [4.78, 5) is 4.64. The van der Waals surface area contributed by atoms with E-state index in [1.165, 1.54) is 33.5 Å². The highest BCUT2D eigenvalue weighted by Crippen LogP contribution is 2.39. The van der Waals surface area contributed by atoms with Crippen LogP contribution in [-0.2, 0) is 0 Å². The maximum atomic E-state index is 2.33. The number of aryl methyl sites for hydroxylation is 3. The molecule has 41 heavy (non-hydrogen) atoms. The van der Waals surface area contributed by atoms with E-state index in [-0.39, 0.29) is 0 Å². The Morgan fingerprint density at radius 1 is 0.341 bits per heavy atom. The zero-order valence-corrected chi connectivity index (χ0v) is 23.8. The van der Waals surface area contributed by atoms with E-state index in [9.17, 15) is 0 Å². The monoisotopic (exact) mass is 530 g/mol. The lowest BCUT2D eigenvalue weighted by Gasteiger charge is -2.27. The average Bonchev–Trinajstić information content (AvgIpc) is 3.01. The molecule has 0 bridgehead atoms. The van der Waals surface area contributed by atoms with Gasteiger partial charge >= 0.3 is 0 Å². The summed E-state index contributed by atoms with van der Waals surface area (Å²) in [5.41, 5.74) is 13.0. The lowest BCUT2D eigenvalue weighted by molar-refractivity contribution is 1.24. The van der Waals surface area contributed by atoms with Crippen molar-refractivity contribution in [2.45, 2.75) is 20.8 Å². The van der Waals surface area contributed by atoms with Gasteiger partial charge in [-0.1, -0.05) is 90.0 Å². The topological polar surface area (TPSA) is 6.48 Å². The third kappa shape index (κ3) is 5.64. The summed E-state index contributed by atoms with van der Waals surface area (Å²) in [5, 5.41) is 0. The first-order valence-corrected chi connectivity index (χ1v) is 14.1. The quantitative estimate of drug-likeness (QED) is 0.202. The van der Waals surface area contributed by atoms with Gasteiger partial charge in [0.15, 0.2) is 0 Å². The van der Waals surface area contributed by atoms with Gasteiger partial charge < -0.3 is 9.80 Å². The first kappa shape index (κ1) is 26.2. The molecule has 0 aliphatic rings. The number of nitrogens with zero attached hydrogens (tertiary/aromatic N) is 2. The van der Waals surface area contributed by atoms with Gasteiger partial charge in [0, 0.05) is 34.1 Å². The molecule has 0 unspecified atom stereocenters. The molecular weight excluding hydrogens is 496 g/mol. The van der Waals surface area contributed by atoms with Gasteiger partial charge in [0.05, 0.1) is 0 Å². The highest BCUT2D eigenvalue weighted by molar-refractivity contribution is 5.82. The molecule has 0 spiro atoms. The van der Waals surface area contributed by atoms with Crippen molar-refractivity contribution in [3.63, 3.8) is 0 Å². The van der Waals surface area contributed by atoms with E-state index in [4.69, 9.17) is 0 Å². The van der Waals surface area contributed by atoms with Crippen molar-refractivity contribution < 1.29 is 0 Å². The van der Waals surface area contributed by atoms with Crippen LogP contribution in [0.5, 0.6) is 0 Å². The molecule has 0 saturated heterocycles. The fourth-order valence-electron chi connectivity index (χ4n) is 5.31. The van der Waals surface area contributed by atoms with Gasteiger partial charge in [-0.3, -0.25) is 0 Å². The largest absolute Gasteiger partial charge is 0.311 e. The van der Waals surface area contributed by atoms with Crippen LogP contribution in [0.25, 0.3) is 11.1 Å². The molecule has 0 N–H and O–H groups in total. The van der Waals surface area contributed by atoms with E-state index >= 15 is 0 Å². The number of rotatable bonds is 7. The number of para-hydroxylation sites is 2. The van der Waals surface area contributed by atoms with Crippen molar-refractivity contribution in [3.8, 4) is 11.1 Å². The van der Waals surface area contributed by atoms with Gasteiger partial charge in [0.2, 0.25) is 0 Å². The van der Waals surface area contributed by atoms with Crippen molar-refractivity contribution in [3.05, 3.63) is 168 Å². The van der Waals surface area contributed by atoms with Gasteiger partial charge in [-0.25, -0.2) is 0 Å². The lowest BCUT2D eigenvalue weighted by Crippen LogP contribution is -2.11. The van der Waals surface area contributed by atoms with E-state index < -0.39 is 0 Å². The summed E-state index contributed by atoms with van der Waals surface area (Å²) >= 11 is 0. The molecule has 0 aliphatic carbocycles. The van der Waals surface area contributed by atoms with E-state index in [1.54, 1.807) is 0 Å². The Morgan fingerprint density at radius 3 is 1.22 bits per heavy atom. The fourth-order valence-corrected chi connectivity index (χ4v) is 5.31. The highest BCUT2D eigenvalue weighted by Gasteiger charge is 2.16. The molecule has 0 saturated carbocycles. The number of benzene rings is 6. The number of anilines is 6. The third-order valence-electron chi connectivity index (χ3n) is 7.51. The van der Waals surface area contributed by atoms with Crippen LogP contribution in [0.3, 0.4) is 0 Å². The molecule has 0 radical (unpaired) electrons. The van der Waals surface area contributed by atoms with Gasteiger partial charge in [-0.2, -0.15) is 0 Å². The van der Waals surface area contributed by atoms with Crippen LogP contribution in [0, 0.1) is 20.8 Å². The molecule has 0 fully saturated rings. The molecule has 6 aromatic carbocycles. The van der Waals surface area contributed by atoms with Crippen molar-refractivity contribution in [2.75, 3.05) is 9.80 Å². The molecule has 6 aromatic rings. The molecule has 200 valence electrons. The van der Waals surface area contributed by atoms with Gasteiger partial charge in [0.25, 0.3) is 0 Å². The minimum Gasteiger partial charge on any atom is -0.311 e. The summed E-state index contributed by atoms with van der Waals surface area (Å²) in [5.74, 6) is 0. The van der Waals surface area contributed by atoms with E-state index in [0.29, 0.717) is 0 Å². The van der Waals surface area contributed by atoms with Crippen LogP contribution >= 0.6 is 0 Å². The van der Waals surface area contributed by atoms with Crippen molar-refractivity contribution in [2.24, 2.45) is 0 Å². The molecule has 2 heteroatoms. The predicted octanol–water partition coefficient (Wildman–Crippen LogP) is 11.2. The standard InChI is InChI=1S/C39H34N2/c1-29-14-21-36(22-15-29)40(34-10-6-4-7-11-34)37-25-18-32(19-26-37)33-20-27-39(31(3)28-33)41(35-12-8-5-9-13-35)38-23-16-30(2)17-24-38/h4-28H,1-3H3. The Hall–Kier alpha value is -5.08. The normalized spacial score (nSPS) is 10.8. The van der Waals surface area contributed by atoms with E-state index in [2.05, 4.69) is 182 Å². The van der Waals surface area contributed by atoms with Gasteiger partial charge in [-0.05, 0) is 110 Å². The Labute approximate surface area is 243 Å². The smallest absolute Gasteiger partial charge is 0.0491 e. The van der Waals surface area contributed by atoms with Crippen LogP contribution in [0.15, 0.2) is 152 Å². The third-order valence-corrected chi connectivity index (χ3v) is 7.51. The van der Waals surface area contributed by atoms with Crippen LogP contribution in [0.1, 0.15) is 16.7 Å². The maximum Gasteiger partial charge on any atom is 0.0491 e. The summed E-state index contributed by atoms with van der Waals surface area (Å²) in [6, 6.07) is 54.2. The molecule has 0 heterocycles. The van der Waals surface area contributed by atoms with Crippen LogP contribution in [0.4, 0.5) is 34.1 Å². The fraction of sp³-hybridized carbons (Fsp3) is 0.0769. The van der Waals surface area contributed by atoms with Gasteiger partial charge in [-0.15, -0.1) is 0 Å². The molecule has 2 nitrogen and oxygen atoms in total. The Kier molecular flexibility index (Phi) is 7.38. The molecule has 0 atom stereocenters. The summed E-state index contributed by atoms with van der Waals surface area (Å²) < 4.78 is 0. The first-order chi connectivity index (χ1) is 20.1. The van der Waals surface area contributed by atoms with E-state index in [1.807, 2.05) is 0 Å². The first-order valence-electron chi connectivity index (χ1n) is 14.1. The maximum absolute atomic E-state index is 2.33. The number of hydrogen-bond acceptors (Lipinski definition) is 2. The summed E-state index contributed by atoms with van der Waals surface area (Å²) in [6.07, 6.45) is 0. The predicted molar refractivity (Wildman–Crippen MR) is 175 cm³/mol. The molecule has 6 rings (SSSR count). The van der Waals surface area contributed by atoms with Crippen LogP contribution in [0.2, 0.25) is 0 Å². The summed E-state index contributed by atoms with van der Waals surface area (Å²) in [7, 11) is 0. The van der Waals surface area contributed by atoms with Crippen molar-refractivity contribution >= 4 is 34.1 Å². The molecule has 0 aromatic heterocycles. The molecular formula is C39H34N2. The second kappa shape index (κ2) is 11.6. The minimum absolute atomic E-state index is 1.13. The minimum atomic E-state index is 1.13. The molecule has 0 aliphatic heterocycles. The summed E-state index contributed by atoms with van der Waals surface area (Å²) in [6.45, 7) is 6.45. The zero-order valence-electron chi connectivity index (χ0n) is 23.8. The Balaban J connectivity index is 1.34. The SMILES string of the molecule is Cc1ccc(N(c2ccccc2)c2ccc(-c3ccc(N(c4ccccc4)c4ccc(C)cc4)c(C)c3)cc2)cc1. The Morgan fingerprint density at radius 2 is 0.732 bits per heavy atom.